The molecule has 0 fully saturated rings. The lowest BCUT2D eigenvalue weighted by Gasteiger charge is -2.14. The molecule has 0 unspecified atom stereocenters. The van der Waals surface area contributed by atoms with Crippen LogP contribution in [0.15, 0.2) is 76.8 Å². The Morgan fingerprint density at radius 3 is 2.31 bits per heavy atom. The Labute approximate surface area is 210 Å². The quantitative estimate of drug-likeness (QED) is 0.199. The molecule has 35 heavy (non-hydrogen) atoms. The number of benzene rings is 3. The van der Waals surface area contributed by atoms with Crippen LogP contribution in [-0.4, -0.2) is 30.1 Å². The third kappa shape index (κ3) is 7.35. The van der Waals surface area contributed by atoms with Crippen molar-refractivity contribution in [2.24, 2.45) is 0 Å². The molecule has 0 spiro atoms. The largest absolute Gasteiger partial charge is 0.508 e. The van der Waals surface area contributed by atoms with Gasteiger partial charge in [0.15, 0.2) is 18.1 Å². The van der Waals surface area contributed by atoms with Gasteiger partial charge < -0.3 is 25.2 Å². The van der Waals surface area contributed by atoms with Crippen LogP contribution in [0, 0.1) is 11.3 Å². The number of ether oxygens (including phenoxy) is 2. The molecule has 3 N–H and O–H groups in total. The summed E-state index contributed by atoms with van der Waals surface area (Å²) >= 11 is 3.43. The van der Waals surface area contributed by atoms with Crippen molar-refractivity contribution in [3.8, 4) is 23.3 Å². The van der Waals surface area contributed by atoms with Crippen molar-refractivity contribution >= 4 is 45.2 Å². The second kappa shape index (κ2) is 12.3. The Morgan fingerprint density at radius 2 is 1.66 bits per heavy atom. The summed E-state index contributed by atoms with van der Waals surface area (Å²) in [6.45, 7) is 1.90. The molecule has 0 saturated heterocycles. The van der Waals surface area contributed by atoms with Gasteiger partial charge in [-0.3, -0.25) is 9.59 Å². The minimum absolute atomic E-state index is 0.0614. The number of hydrogen-bond donors (Lipinski definition) is 3. The monoisotopic (exact) mass is 535 g/mol. The first-order valence-electron chi connectivity index (χ1n) is 10.6. The fourth-order valence-corrected chi connectivity index (χ4v) is 3.39. The normalized spacial score (nSPS) is 10.7. The number of carbonyl (C=O) groups is 2. The zero-order valence-electron chi connectivity index (χ0n) is 18.7. The number of amides is 2. The summed E-state index contributed by atoms with van der Waals surface area (Å²) < 4.78 is 11.9. The summed E-state index contributed by atoms with van der Waals surface area (Å²) in [6.07, 6.45) is 1.41. The van der Waals surface area contributed by atoms with Gasteiger partial charge in [0, 0.05) is 15.8 Å². The van der Waals surface area contributed by atoms with E-state index in [-0.39, 0.29) is 23.8 Å². The first-order valence-corrected chi connectivity index (χ1v) is 11.3. The van der Waals surface area contributed by atoms with Crippen LogP contribution in [0.4, 0.5) is 11.4 Å². The fraction of sp³-hybridized carbons (Fsp3) is 0.115. The van der Waals surface area contributed by atoms with Gasteiger partial charge in [-0.05, 0) is 67.1 Å². The van der Waals surface area contributed by atoms with Gasteiger partial charge in [0.05, 0.1) is 6.61 Å². The maximum absolute atomic E-state index is 12.6. The Hall–Kier alpha value is -4.29. The number of nitriles is 1. The molecule has 0 heterocycles. The number of rotatable bonds is 9. The van der Waals surface area contributed by atoms with Gasteiger partial charge >= 0.3 is 0 Å². The molecule has 3 aromatic rings. The van der Waals surface area contributed by atoms with E-state index in [2.05, 4.69) is 26.6 Å². The smallest absolute Gasteiger partial charge is 0.266 e. The standard InChI is InChI=1S/C26H22BrN3O5/c1-2-34-23-13-17(12-18(15-28)26(33)30-20-8-10-21(31)11-9-20)22(27)14-24(23)35-16-25(32)29-19-6-4-3-5-7-19/h3-14,31H,2,16H2,1H3,(H,29,32)(H,30,33)/b18-12-. The second-order valence-electron chi connectivity index (χ2n) is 7.13. The molecule has 0 atom stereocenters. The Kier molecular flexibility index (Phi) is 8.87. The van der Waals surface area contributed by atoms with Crippen LogP contribution in [-0.2, 0) is 9.59 Å². The van der Waals surface area contributed by atoms with Crippen molar-refractivity contribution in [2.75, 3.05) is 23.8 Å². The molecular formula is C26H22BrN3O5. The molecule has 0 radical (unpaired) electrons. The minimum atomic E-state index is -0.610. The molecule has 8 nitrogen and oxygen atoms in total. The van der Waals surface area contributed by atoms with Gasteiger partial charge in [0.2, 0.25) is 0 Å². The van der Waals surface area contributed by atoms with Crippen LogP contribution in [0.3, 0.4) is 0 Å². The number of anilines is 2. The van der Waals surface area contributed by atoms with Crippen molar-refractivity contribution in [1.29, 1.82) is 5.26 Å². The highest BCUT2D eigenvalue weighted by atomic mass is 79.9. The highest BCUT2D eigenvalue weighted by Crippen LogP contribution is 2.35. The number of carbonyl (C=O) groups excluding carboxylic acids is 2. The molecule has 3 aromatic carbocycles. The number of nitrogens with zero attached hydrogens (tertiary/aromatic N) is 1. The van der Waals surface area contributed by atoms with Gasteiger partial charge in [0.25, 0.3) is 11.8 Å². The Morgan fingerprint density at radius 1 is 1.00 bits per heavy atom. The maximum atomic E-state index is 12.6. The van der Waals surface area contributed by atoms with Gasteiger partial charge in [0.1, 0.15) is 17.4 Å². The lowest BCUT2D eigenvalue weighted by atomic mass is 10.1. The minimum Gasteiger partial charge on any atom is -0.508 e. The van der Waals surface area contributed by atoms with Crippen molar-refractivity contribution in [1.82, 2.24) is 0 Å². The van der Waals surface area contributed by atoms with E-state index in [1.165, 1.54) is 30.3 Å². The molecule has 0 bridgehead atoms. The van der Waals surface area contributed by atoms with E-state index in [4.69, 9.17) is 9.47 Å². The molecular weight excluding hydrogens is 514 g/mol. The Balaban J connectivity index is 1.77. The van der Waals surface area contributed by atoms with E-state index in [1.54, 1.807) is 31.2 Å². The van der Waals surface area contributed by atoms with Crippen molar-refractivity contribution in [3.63, 3.8) is 0 Å². The SMILES string of the molecule is CCOc1cc(/C=C(/C#N)C(=O)Nc2ccc(O)cc2)c(Br)cc1OCC(=O)Nc1ccccc1. The number of phenols is 1. The summed E-state index contributed by atoms with van der Waals surface area (Å²) in [4.78, 5) is 24.8. The van der Waals surface area contributed by atoms with Crippen LogP contribution in [0.2, 0.25) is 0 Å². The summed E-state index contributed by atoms with van der Waals surface area (Å²) in [5.41, 5.74) is 1.45. The topological polar surface area (TPSA) is 121 Å². The molecule has 2 amide bonds. The third-order valence-electron chi connectivity index (χ3n) is 4.57. The zero-order valence-corrected chi connectivity index (χ0v) is 20.3. The van der Waals surface area contributed by atoms with Crippen LogP contribution in [0.25, 0.3) is 6.08 Å². The first-order chi connectivity index (χ1) is 16.9. The number of phenolic OH excluding ortho intramolecular Hbond substituents is 1. The number of halogens is 1. The lowest BCUT2D eigenvalue weighted by molar-refractivity contribution is -0.118. The van der Waals surface area contributed by atoms with Gasteiger partial charge in [-0.15, -0.1) is 0 Å². The van der Waals surface area contributed by atoms with E-state index in [0.29, 0.717) is 39.5 Å². The van der Waals surface area contributed by atoms with Crippen molar-refractivity contribution < 1.29 is 24.2 Å². The zero-order chi connectivity index (χ0) is 25.2. The third-order valence-corrected chi connectivity index (χ3v) is 5.26. The van der Waals surface area contributed by atoms with Crippen LogP contribution >= 0.6 is 15.9 Å². The molecule has 9 heteroatoms. The average Bonchev–Trinajstić information content (AvgIpc) is 2.85. The predicted octanol–water partition coefficient (Wildman–Crippen LogP) is 5.12. The summed E-state index contributed by atoms with van der Waals surface area (Å²) in [5, 5.41) is 24.2. The molecule has 0 aliphatic rings. The number of para-hydroxylation sites is 1. The molecule has 0 aliphatic carbocycles. The predicted molar refractivity (Wildman–Crippen MR) is 136 cm³/mol. The molecule has 178 valence electrons. The lowest BCUT2D eigenvalue weighted by Crippen LogP contribution is -2.20. The molecule has 0 saturated carbocycles. The van der Waals surface area contributed by atoms with Gasteiger partial charge in [-0.2, -0.15) is 5.26 Å². The second-order valence-corrected chi connectivity index (χ2v) is 7.98. The highest BCUT2D eigenvalue weighted by molar-refractivity contribution is 9.10. The van der Waals surface area contributed by atoms with Crippen molar-refractivity contribution in [3.05, 3.63) is 82.3 Å². The first kappa shape index (κ1) is 25.3. The summed E-state index contributed by atoms with van der Waals surface area (Å²) in [7, 11) is 0. The van der Waals surface area contributed by atoms with Gasteiger partial charge in [-0.1, -0.05) is 34.1 Å². The molecule has 0 aliphatic heterocycles. The van der Waals surface area contributed by atoms with Crippen molar-refractivity contribution in [2.45, 2.75) is 6.92 Å². The highest BCUT2D eigenvalue weighted by Gasteiger charge is 2.15. The molecule has 3 rings (SSSR count). The summed E-state index contributed by atoms with van der Waals surface area (Å²) in [6, 6.07) is 20.0. The van der Waals surface area contributed by atoms with Gasteiger partial charge in [-0.25, -0.2) is 0 Å². The maximum Gasteiger partial charge on any atom is 0.266 e. The summed E-state index contributed by atoms with van der Waals surface area (Å²) in [5.74, 6) is -0.208. The molecule has 0 aromatic heterocycles. The van der Waals surface area contributed by atoms with E-state index < -0.39 is 5.91 Å². The van der Waals surface area contributed by atoms with E-state index in [9.17, 15) is 20.0 Å². The average molecular weight is 536 g/mol. The number of aromatic hydroxyl groups is 1. The van der Waals surface area contributed by atoms with Crippen LogP contribution in [0.5, 0.6) is 17.2 Å². The van der Waals surface area contributed by atoms with E-state index in [0.717, 1.165) is 0 Å². The fourth-order valence-electron chi connectivity index (χ4n) is 2.95. The van der Waals surface area contributed by atoms with Crippen LogP contribution < -0.4 is 20.1 Å². The van der Waals surface area contributed by atoms with E-state index in [1.807, 2.05) is 24.3 Å². The number of nitrogens with one attached hydrogen (secondary N) is 2. The Bertz CT molecular complexity index is 1270. The van der Waals surface area contributed by atoms with Crippen LogP contribution in [0.1, 0.15) is 12.5 Å². The van der Waals surface area contributed by atoms with E-state index >= 15 is 0 Å². The number of hydrogen-bond acceptors (Lipinski definition) is 6.